The third kappa shape index (κ3) is 3.94. The quantitative estimate of drug-likeness (QED) is 0.497. The smallest absolute Gasteiger partial charge is 0.0734 e. The second-order valence-electron chi connectivity index (χ2n) is 9.71. The molecular formula is C24H32OP+. The Balaban J connectivity index is 1.78. The average molecular weight is 367 g/mol. The van der Waals surface area contributed by atoms with Crippen molar-refractivity contribution in [2.75, 3.05) is 0 Å². The Hall–Kier alpha value is -1.46. The third-order valence-corrected chi connectivity index (χ3v) is 7.99. The largest absolute Gasteiger partial charge is 0.354 e. The lowest BCUT2D eigenvalue weighted by Crippen LogP contribution is -2.10. The van der Waals surface area contributed by atoms with Gasteiger partial charge < -0.3 is 0 Å². The minimum Gasteiger partial charge on any atom is -0.0734 e. The summed E-state index contributed by atoms with van der Waals surface area (Å²) in [4.78, 5) is 0. The highest BCUT2D eigenvalue weighted by Crippen LogP contribution is 2.62. The van der Waals surface area contributed by atoms with Crippen molar-refractivity contribution in [3.8, 4) is 0 Å². The molecule has 1 fully saturated rings. The Kier molecular flexibility index (Phi) is 5.15. The molecule has 0 aromatic heterocycles. The second-order valence-corrected chi connectivity index (χ2v) is 11.7. The summed E-state index contributed by atoms with van der Waals surface area (Å²) in [7, 11) is -1.27. The van der Waals surface area contributed by atoms with E-state index in [-0.39, 0.29) is 22.1 Å². The van der Waals surface area contributed by atoms with E-state index in [9.17, 15) is 4.57 Å². The van der Waals surface area contributed by atoms with E-state index < -0.39 is 7.80 Å². The first-order valence-electron chi connectivity index (χ1n) is 9.74. The van der Waals surface area contributed by atoms with Gasteiger partial charge in [0.1, 0.15) is 0 Å². The van der Waals surface area contributed by atoms with E-state index in [0.29, 0.717) is 0 Å². The average Bonchev–Trinajstić information content (AvgIpc) is 2.95. The molecule has 0 saturated carbocycles. The van der Waals surface area contributed by atoms with Crippen molar-refractivity contribution in [2.45, 2.75) is 76.5 Å². The fourth-order valence-corrected chi connectivity index (χ4v) is 6.00. The van der Waals surface area contributed by atoms with Crippen LogP contribution in [0.25, 0.3) is 0 Å². The van der Waals surface area contributed by atoms with Crippen LogP contribution in [0.3, 0.4) is 0 Å². The molecular weight excluding hydrogens is 335 g/mol. The van der Waals surface area contributed by atoms with Crippen LogP contribution in [-0.2, 0) is 15.4 Å². The van der Waals surface area contributed by atoms with Gasteiger partial charge in [0.05, 0.1) is 0 Å². The number of rotatable bonds is 2. The molecule has 0 N–H and O–H groups in total. The van der Waals surface area contributed by atoms with Crippen molar-refractivity contribution in [1.82, 2.24) is 0 Å². The highest BCUT2D eigenvalue weighted by molar-refractivity contribution is 7.46. The van der Waals surface area contributed by atoms with Crippen LogP contribution in [0.5, 0.6) is 0 Å². The van der Waals surface area contributed by atoms with Gasteiger partial charge in [-0.2, -0.15) is 0 Å². The third-order valence-electron chi connectivity index (χ3n) is 5.65. The van der Waals surface area contributed by atoms with E-state index in [1.807, 2.05) is 0 Å². The van der Waals surface area contributed by atoms with Crippen LogP contribution in [0.4, 0.5) is 0 Å². The first-order valence-corrected chi connectivity index (χ1v) is 11.1. The molecule has 0 bridgehead atoms. The molecule has 2 atom stereocenters. The lowest BCUT2D eigenvalue weighted by molar-refractivity contribution is 0.580. The van der Waals surface area contributed by atoms with Gasteiger partial charge in [-0.25, -0.2) is 0 Å². The van der Waals surface area contributed by atoms with E-state index in [1.54, 1.807) is 0 Å². The first-order chi connectivity index (χ1) is 12.1. The Labute approximate surface area is 160 Å². The molecule has 2 aromatic rings. The fraction of sp³-hybridized carbons (Fsp3) is 0.500. The second kappa shape index (κ2) is 6.93. The lowest BCUT2D eigenvalue weighted by atomic mass is 9.86. The molecule has 138 valence electrons. The Morgan fingerprint density at radius 1 is 0.654 bits per heavy atom. The summed E-state index contributed by atoms with van der Waals surface area (Å²) in [6.45, 7) is 13.4. The standard InChI is InChI=1S/C24H32OP/c1-23(2,3)19-11-7-17(8-12-19)21-15-16-22(26(21)25)18-9-13-20(14-10-18)24(4,5)6/h7-14,21-22H,15-16H2,1-6H3/q+1. The Morgan fingerprint density at radius 3 is 1.23 bits per heavy atom. The minimum atomic E-state index is -1.27. The van der Waals surface area contributed by atoms with Crippen molar-refractivity contribution in [3.05, 3.63) is 70.8 Å². The van der Waals surface area contributed by atoms with Crippen LogP contribution in [0.15, 0.2) is 48.5 Å². The summed E-state index contributed by atoms with van der Waals surface area (Å²) < 4.78 is 13.2. The molecule has 0 amide bonds. The Bertz CT molecular complexity index is 705. The molecule has 2 aromatic carbocycles. The Morgan fingerprint density at radius 2 is 0.962 bits per heavy atom. The highest BCUT2D eigenvalue weighted by Gasteiger charge is 2.47. The molecule has 2 unspecified atom stereocenters. The normalized spacial score (nSPS) is 22.6. The van der Waals surface area contributed by atoms with Crippen LogP contribution in [-0.4, -0.2) is 0 Å². The minimum absolute atomic E-state index is 0.160. The van der Waals surface area contributed by atoms with Crippen LogP contribution >= 0.6 is 7.80 Å². The van der Waals surface area contributed by atoms with Crippen LogP contribution in [0.2, 0.25) is 0 Å². The van der Waals surface area contributed by atoms with E-state index >= 15 is 0 Å². The zero-order valence-electron chi connectivity index (χ0n) is 17.0. The maximum atomic E-state index is 13.2. The summed E-state index contributed by atoms with van der Waals surface area (Å²) in [6, 6.07) is 17.6. The molecule has 1 aliphatic rings. The number of hydrogen-bond donors (Lipinski definition) is 0. The van der Waals surface area contributed by atoms with Crippen LogP contribution in [0, 0.1) is 0 Å². The van der Waals surface area contributed by atoms with Gasteiger partial charge in [0, 0.05) is 24.0 Å². The van der Waals surface area contributed by atoms with E-state index in [0.717, 1.165) is 12.8 Å². The van der Waals surface area contributed by atoms with Gasteiger partial charge in [0.15, 0.2) is 11.3 Å². The maximum Gasteiger partial charge on any atom is 0.354 e. The van der Waals surface area contributed by atoms with Gasteiger partial charge in [0.2, 0.25) is 0 Å². The van der Waals surface area contributed by atoms with Crippen LogP contribution < -0.4 is 0 Å². The summed E-state index contributed by atoms with van der Waals surface area (Å²) in [6.07, 6.45) is 2.05. The predicted molar refractivity (Wildman–Crippen MR) is 113 cm³/mol. The van der Waals surface area contributed by atoms with Crippen molar-refractivity contribution >= 4 is 7.80 Å². The molecule has 3 rings (SSSR count). The van der Waals surface area contributed by atoms with Crippen LogP contribution in [0.1, 0.15) is 88.0 Å². The fourth-order valence-electron chi connectivity index (χ4n) is 3.83. The zero-order valence-corrected chi connectivity index (χ0v) is 17.9. The van der Waals surface area contributed by atoms with Gasteiger partial charge in [-0.15, -0.1) is 0 Å². The summed E-state index contributed by atoms with van der Waals surface area (Å²) in [5.41, 5.74) is 5.88. The molecule has 1 saturated heterocycles. The molecule has 0 radical (unpaired) electrons. The van der Waals surface area contributed by atoms with Crippen molar-refractivity contribution in [3.63, 3.8) is 0 Å². The van der Waals surface area contributed by atoms with E-state index in [4.69, 9.17) is 0 Å². The predicted octanol–water partition coefficient (Wildman–Crippen LogP) is 7.69. The van der Waals surface area contributed by atoms with Gasteiger partial charge in [0.25, 0.3) is 0 Å². The topological polar surface area (TPSA) is 17.1 Å². The maximum absolute atomic E-state index is 13.2. The lowest BCUT2D eigenvalue weighted by Gasteiger charge is -2.19. The van der Waals surface area contributed by atoms with Crippen molar-refractivity contribution in [2.24, 2.45) is 0 Å². The molecule has 0 spiro atoms. The number of hydrogen-bond acceptors (Lipinski definition) is 1. The number of benzene rings is 2. The summed E-state index contributed by atoms with van der Waals surface area (Å²) in [5, 5.41) is 0. The van der Waals surface area contributed by atoms with Gasteiger partial charge in [-0.3, -0.25) is 0 Å². The van der Waals surface area contributed by atoms with Gasteiger partial charge in [-0.05, 0) is 22.0 Å². The monoisotopic (exact) mass is 367 g/mol. The van der Waals surface area contributed by atoms with Crippen molar-refractivity contribution in [1.29, 1.82) is 0 Å². The molecule has 26 heavy (non-hydrogen) atoms. The molecule has 0 aliphatic carbocycles. The van der Waals surface area contributed by atoms with Gasteiger partial charge >= 0.3 is 7.80 Å². The molecule has 2 heteroatoms. The summed E-state index contributed by atoms with van der Waals surface area (Å²) in [5.74, 6) is 0. The summed E-state index contributed by atoms with van der Waals surface area (Å²) >= 11 is 0. The molecule has 1 heterocycles. The SMILES string of the molecule is CC(C)(C)c1ccc(C2CCC(c3ccc(C(C)(C)C)cc3)[P+]2=O)cc1. The molecule has 1 aliphatic heterocycles. The van der Waals surface area contributed by atoms with E-state index in [2.05, 4.69) is 90.1 Å². The highest BCUT2D eigenvalue weighted by atomic mass is 31.1. The van der Waals surface area contributed by atoms with Gasteiger partial charge in [-0.1, -0.05) is 94.6 Å². The van der Waals surface area contributed by atoms with Crippen molar-refractivity contribution < 1.29 is 4.57 Å². The molecule has 1 nitrogen and oxygen atoms in total. The van der Waals surface area contributed by atoms with E-state index in [1.165, 1.54) is 22.3 Å². The zero-order chi connectivity index (χ0) is 19.1. The first kappa shape index (κ1) is 19.3.